The summed E-state index contributed by atoms with van der Waals surface area (Å²) in [5.41, 5.74) is 6.70. The first kappa shape index (κ1) is 18.0. The number of carbonyl (C=O) groups is 1. The Labute approximate surface area is 130 Å². The third kappa shape index (κ3) is 6.50. The van der Waals surface area contributed by atoms with Crippen molar-refractivity contribution in [2.24, 2.45) is 5.73 Å². The molecule has 0 heterocycles. The van der Waals surface area contributed by atoms with Crippen molar-refractivity contribution in [3.63, 3.8) is 0 Å². The lowest BCUT2D eigenvalue weighted by atomic mass is 10.1. The molecule has 1 aromatic carbocycles. The van der Waals surface area contributed by atoms with E-state index in [1.165, 1.54) is 0 Å². The van der Waals surface area contributed by atoms with Crippen LogP contribution in [0, 0.1) is 0 Å². The highest BCUT2D eigenvalue weighted by atomic mass is 32.2. The van der Waals surface area contributed by atoms with E-state index in [1.54, 1.807) is 11.8 Å². The minimum atomic E-state index is -3.10. The van der Waals surface area contributed by atoms with Crippen LogP contribution in [0.1, 0.15) is 24.9 Å². The van der Waals surface area contributed by atoms with Gasteiger partial charge in [-0.05, 0) is 37.3 Å². The van der Waals surface area contributed by atoms with Crippen LogP contribution in [0.25, 0.3) is 0 Å². The van der Waals surface area contributed by atoms with Crippen molar-refractivity contribution < 1.29 is 13.2 Å². The Hall–Kier alpha value is -1.05. The van der Waals surface area contributed by atoms with Crippen LogP contribution in [0.15, 0.2) is 29.2 Å². The van der Waals surface area contributed by atoms with E-state index < -0.39 is 15.9 Å². The zero-order valence-corrected chi connectivity index (χ0v) is 14.1. The van der Waals surface area contributed by atoms with Gasteiger partial charge in [0.25, 0.3) is 0 Å². The van der Waals surface area contributed by atoms with Crippen LogP contribution in [0.5, 0.6) is 0 Å². The number of thioether (sulfide) groups is 1. The van der Waals surface area contributed by atoms with Crippen LogP contribution in [0.4, 0.5) is 0 Å². The van der Waals surface area contributed by atoms with E-state index in [1.807, 2.05) is 37.4 Å². The SMILES string of the molecule is CSc1ccc(C(C)NC(=O)C(N)CCS(C)(=O)=O)cc1. The fourth-order valence-electron chi connectivity index (χ4n) is 1.77. The number of carbonyl (C=O) groups excluding carboxylic acids is 1. The van der Waals surface area contributed by atoms with Crippen molar-refractivity contribution in [3.05, 3.63) is 29.8 Å². The summed E-state index contributed by atoms with van der Waals surface area (Å²) in [6.07, 6.45) is 3.26. The normalized spacial score (nSPS) is 14.5. The van der Waals surface area contributed by atoms with Gasteiger partial charge < -0.3 is 11.1 Å². The van der Waals surface area contributed by atoms with E-state index in [-0.39, 0.29) is 24.1 Å². The summed E-state index contributed by atoms with van der Waals surface area (Å²) in [5.74, 6) is -0.418. The largest absolute Gasteiger partial charge is 0.348 e. The second kappa shape index (κ2) is 7.82. The molecule has 3 N–H and O–H groups in total. The molecule has 0 aliphatic carbocycles. The Kier molecular flexibility index (Phi) is 6.70. The van der Waals surface area contributed by atoms with Crippen molar-refractivity contribution in [2.45, 2.75) is 30.3 Å². The van der Waals surface area contributed by atoms with Gasteiger partial charge in [-0.15, -0.1) is 11.8 Å². The predicted molar refractivity (Wildman–Crippen MR) is 87.1 cm³/mol. The van der Waals surface area contributed by atoms with Gasteiger partial charge in [0, 0.05) is 11.2 Å². The molecule has 118 valence electrons. The third-order valence-corrected chi connectivity index (χ3v) is 4.83. The number of amides is 1. The highest BCUT2D eigenvalue weighted by Crippen LogP contribution is 2.18. The minimum Gasteiger partial charge on any atom is -0.348 e. The first-order chi connectivity index (χ1) is 9.73. The van der Waals surface area contributed by atoms with Gasteiger partial charge in [-0.1, -0.05) is 12.1 Å². The summed E-state index contributed by atoms with van der Waals surface area (Å²) in [7, 11) is -3.10. The Bertz CT molecular complexity index is 570. The summed E-state index contributed by atoms with van der Waals surface area (Å²) >= 11 is 1.65. The lowest BCUT2D eigenvalue weighted by Gasteiger charge is -2.18. The lowest BCUT2D eigenvalue weighted by molar-refractivity contribution is -0.123. The smallest absolute Gasteiger partial charge is 0.237 e. The lowest BCUT2D eigenvalue weighted by Crippen LogP contribution is -2.42. The average molecular weight is 330 g/mol. The molecule has 21 heavy (non-hydrogen) atoms. The average Bonchev–Trinajstić information content (AvgIpc) is 2.43. The number of benzene rings is 1. The fourth-order valence-corrected chi connectivity index (χ4v) is 2.86. The number of nitrogens with two attached hydrogens (primary N) is 1. The molecule has 0 fully saturated rings. The van der Waals surface area contributed by atoms with Gasteiger partial charge in [0.05, 0.1) is 17.8 Å². The van der Waals surface area contributed by atoms with Gasteiger partial charge in [0.2, 0.25) is 5.91 Å². The molecular formula is C14H22N2O3S2. The van der Waals surface area contributed by atoms with E-state index in [9.17, 15) is 13.2 Å². The molecule has 0 aliphatic rings. The molecule has 0 bridgehead atoms. The zero-order valence-electron chi connectivity index (χ0n) is 12.5. The van der Waals surface area contributed by atoms with Crippen molar-refractivity contribution in [1.29, 1.82) is 0 Å². The van der Waals surface area contributed by atoms with Gasteiger partial charge in [-0.25, -0.2) is 8.42 Å². The number of hydrogen-bond acceptors (Lipinski definition) is 5. The Morgan fingerprint density at radius 2 is 1.90 bits per heavy atom. The zero-order chi connectivity index (χ0) is 16.0. The number of sulfone groups is 1. The standard InChI is InChI=1S/C14H22N2O3S2/c1-10(11-4-6-12(20-2)7-5-11)16-14(17)13(15)8-9-21(3,18)19/h4-7,10,13H,8-9,15H2,1-3H3,(H,16,17). The van der Waals surface area contributed by atoms with Gasteiger partial charge in [-0.3, -0.25) is 4.79 Å². The monoisotopic (exact) mass is 330 g/mol. The molecule has 0 radical (unpaired) electrons. The maximum Gasteiger partial charge on any atom is 0.237 e. The summed E-state index contributed by atoms with van der Waals surface area (Å²) in [4.78, 5) is 13.1. The Balaban J connectivity index is 2.56. The molecule has 1 amide bonds. The van der Waals surface area contributed by atoms with Crippen LogP contribution in [-0.2, 0) is 14.6 Å². The second-order valence-corrected chi connectivity index (χ2v) is 8.17. The topological polar surface area (TPSA) is 89.3 Å². The van der Waals surface area contributed by atoms with Crippen molar-refractivity contribution in [1.82, 2.24) is 5.32 Å². The molecule has 1 aromatic rings. The van der Waals surface area contributed by atoms with E-state index >= 15 is 0 Å². The summed E-state index contributed by atoms with van der Waals surface area (Å²) in [6, 6.07) is 6.92. The highest BCUT2D eigenvalue weighted by Gasteiger charge is 2.18. The van der Waals surface area contributed by atoms with Gasteiger partial charge in [-0.2, -0.15) is 0 Å². The molecule has 5 nitrogen and oxygen atoms in total. The summed E-state index contributed by atoms with van der Waals surface area (Å²) < 4.78 is 22.1. The minimum absolute atomic E-state index is 0.0849. The Morgan fingerprint density at radius 3 is 2.38 bits per heavy atom. The number of hydrogen-bond donors (Lipinski definition) is 2. The predicted octanol–water partition coefficient (Wildman–Crippen LogP) is 1.35. The van der Waals surface area contributed by atoms with Crippen LogP contribution >= 0.6 is 11.8 Å². The Morgan fingerprint density at radius 1 is 1.33 bits per heavy atom. The first-order valence-corrected chi connectivity index (χ1v) is 9.89. The van der Waals surface area contributed by atoms with E-state index in [4.69, 9.17) is 5.73 Å². The molecule has 0 saturated heterocycles. The molecule has 0 aromatic heterocycles. The van der Waals surface area contributed by atoms with Crippen LogP contribution in [-0.4, -0.2) is 38.6 Å². The molecule has 0 aliphatic heterocycles. The quantitative estimate of drug-likeness (QED) is 0.737. The molecule has 2 unspecified atom stereocenters. The molecule has 0 saturated carbocycles. The first-order valence-electron chi connectivity index (χ1n) is 6.60. The molecule has 1 rings (SSSR count). The van der Waals surface area contributed by atoms with Gasteiger partial charge in [0.15, 0.2) is 0 Å². The molecule has 2 atom stereocenters. The van der Waals surface area contributed by atoms with Gasteiger partial charge in [0.1, 0.15) is 9.84 Å². The highest BCUT2D eigenvalue weighted by molar-refractivity contribution is 7.98. The van der Waals surface area contributed by atoms with Crippen LogP contribution in [0.2, 0.25) is 0 Å². The van der Waals surface area contributed by atoms with E-state index in [2.05, 4.69) is 5.32 Å². The molecule has 7 heteroatoms. The third-order valence-electron chi connectivity index (χ3n) is 3.11. The summed E-state index contributed by atoms with van der Waals surface area (Å²) in [5, 5.41) is 2.80. The maximum atomic E-state index is 11.9. The second-order valence-electron chi connectivity index (χ2n) is 5.03. The van der Waals surface area contributed by atoms with Crippen LogP contribution < -0.4 is 11.1 Å². The summed E-state index contributed by atoms with van der Waals surface area (Å²) in [6.45, 7) is 1.87. The number of rotatable bonds is 7. The van der Waals surface area contributed by atoms with Crippen molar-refractivity contribution in [2.75, 3.05) is 18.3 Å². The fraction of sp³-hybridized carbons (Fsp3) is 0.500. The number of nitrogens with one attached hydrogen (secondary N) is 1. The molecular weight excluding hydrogens is 308 g/mol. The van der Waals surface area contributed by atoms with Crippen molar-refractivity contribution in [3.8, 4) is 0 Å². The van der Waals surface area contributed by atoms with E-state index in [0.29, 0.717) is 0 Å². The van der Waals surface area contributed by atoms with Crippen LogP contribution in [0.3, 0.4) is 0 Å². The van der Waals surface area contributed by atoms with Crippen molar-refractivity contribution >= 4 is 27.5 Å². The van der Waals surface area contributed by atoms with Gasteiger partial charge >= 0.3 is 0 Å². The van der Waals surface area contributed by atoms with E-state index in [0.717, 1.165) is 16.7 Å². The molecule has 0 spiro atoms. The maximum absolute atomic E-state index is 11.9.